The number of ether oxygens (including phenoxy) is 1. The minimum absolute atomic E-state index is 0.113. The van der Waals surface area contributed by atoms with Gasteiger partial charge in [0.15, 0.2) is 0 Å². The van der Waals surface area contributed by atoms with Gasteiger partial charge in [-0.05, 0) is 31.2 Å². The van der Waals surface area contributed by atoms with Crippen LogP contribution in [0.25, 0.3) is 0 Å². The van der Waals surface area contributed by atoms with Crippen LogP contribution in [-0.4, -0.2) is 61.0 Å². The molecule has 134 valence electrons. The topological polar surface area (TPSA) is 49.9 Å². The second kappa shape index (κ2) is 6.45. The quantitative estimate of drug-likeness (QED) is 0.826. The molecule has 0 aliphatic carbocycles. The van der Waals surface area contributed by atoms with Crippen molar-refractivity contribution in [1.29, 1.82) is 0 Å². The Labute approximate surface area is 148 Å². The maximum atomic E-state index is 13.0. The van der Waals surface area contributed by atoms with E-state index in [1.54, 1.807) is 0 Å². The Morgan fingerprint density at radius 1 is 1.20 bits per heavy atom. The Morgan fingerprint density at radius 3 is 2.56 bits per heavy atom. The number of rotatable bonds is 2. The van der Waals surface area contributed by atoms with Crippen molar-refractivity contribution in [3.8, 4) is 0 Å². The van der Waals surface area contributed by atoms with Gasteiger partial charge in [0.2, 0.25) is 5.91 Å². The number of hydrogen-bond donors (Lipinski definition) is 0. The van der Waals surface area contributed by atoms with E-state index >= 15 is 0 Å². The Morgan fingerprint density at radius 2 is 1.92 bits per heavy atom. The Balaban J connectivity index is 1.52. The van der Waals surface area contributed by atoms with E-state index in [0.29, 0.717) is 19.7 Å². The van der Waals surface area contributed by atoms with Crippen LogP contribution < -0.4 is 0 Å². The summed E-state index contributed by atoms with van der Waals surface area (Å²) in [6.07, 6.45) is 3.02. The maximum absolute atomic E-state index is 13.0. The van der Waals surface area contributed by atoms with E-state index in [1.165, 1.54) is 5.56 Å². The predicted molar refractivity (Wildman–Crippen MR) is 94.0 cm³/mol. The highest BCUT2D eigenvalue weighted by atomic mass is 16.5. The molecule has 0 aromatic heterocycles. The summed E-state index contributed by atoms with van der Waals surface area (Å²) in [6, 6.07) is 10.4. The molecule has 2 atom stereocenters. The van der Waals surface area contributed by atoms with E-state index in [1.807, 2.05) is 35.0 Å². The van der Waals surface area contributed by atoms with Crippen LogP contribution in [0, 0.1) is 5.41 Å². The molecule has 0 bridgehead atoms. The van der Waals surface area contributed by atoms with Gasteiger partial charge >= 0.3 is 0 Å². The smallest absolute Gasteiger partial charge is 0.251 e. The zero-order valence-corrected chi connectivity index (χ0v) is 14.8. The highest BCUT2D eigenvalue weighted by Crippen LogP contribution is 2.50. The molecule has 1 aromatic carbocycles. The number of likely N-dealkylation sites (N-methyl/N-ethyl adjacent to an activating group) is 1. The average molecular weight is 342 g/mol. The number of amides is 2. The number of carbonyl (C=O) groups excluding carboxylic acids is 2. The number of hydrogen-bond acceptors (Lipinski definition) is 3. The fourth-order valence-corrected chi connectivity index (χ4v) is 4.83. The van der Waals surface area contributed by atoms with Gasteiger partial charge in [-0.2, -0.15) is 0 Å². The van der Waals surface area contributed by atoms with E-state index in [2.05, 4.69) is 12.1 Å². The summed E-state index contributed by atoms with van der Waals surface area (Å²) in [7, 11) is 1.90. The van der Waals surface area contributed by atoms with Crippen molar-refractivity contribution >= 4 is 11.8 Å². The number of benzene rings is 1. The van der Waals surface area contributed by atoms with Gasteiger partial charge in [0.1, 0.15) is 6.10 Å². The minimum atomic E-state index is -0.358. The van der Waals surface area contributed by atoms with Crippen LogP contribution in [0.5, 0.6) is 0 Å². The first-order valence-electron chi connectivity index (χ1n) is 9.33. The highest BCUT2D eigenvalue weighted by molar-refractivity contribution is 5.87. The molecular weight excluding hydrogens is 316 g/mol. The van der Waals surface area contributed by atoms with E-state index in [-0.39, 0.29) is 29.3 Å². The molecule has 0 saturated carbocycles. The van der Waals surface area contributed by atoms with Crippen molar-refractivity contribution in [2.75, 3.05) is 33.3 Å². The molecule has 0 unspecified atom stereocenters. The van der Waals surface area contributed by atoms with Gasteiger partial charge in [-0.1, -0.05) is 30.3 Å². The third-order valence-corrected chi connectivity index (χ3v) is 6.27. The summed E-state index contributed by atoms with van der Waals surface area (Å²) in [5, 5.41) is 0. The van der Waals surface area contributed by atoms with Crippen molar-refractivity contribution in [3.63, 3.8) is 0 Å². The van der Waals surface area contributed by atoms with Gasteiger partial charge in [-0.15, -0.1) is 0 Å². The summed E-state index contributed by atoms with van der Waals surface area (Å²) < 4.78 is 5.55. The fourth-order valence-electron chi connectivity index (χ4n) is 4.83. The number of likely N-dealkylation sites (tertiary alicyclic amines) is 2. The van der Waals surface area contributed by atoms with Gasteiger partial charge in [0, 0.05) is 39.2 Å². The Kier molecular flexibility index (Phi) is 4.28. The highest BCUT2D eigenvalue weighted by Gasteiger charge is 2.54. The molecule has 0 radical (unpaired) electrons. The van der Waals surface area contributed by atoms with Gasteiger partial charge < -0.3 is 14.5 Å². The minimum Gasteiger partial charge on any atom is -0.368 e. The maximum Gasteiger partial charge on any atom is 0.251 e. The summed E-state index contributed by atoms with van der Waals surface area (Å²) in [4.78, 5) is 29.4. The molecule has 3 heterocycles. The second-order valence-corrected chi connectivity index (χ2v) is 7.63. The molecule has 4 rings (SSSR count). The Hall–Kier alpha value is -1.88. The van der Waals surface area contributed by atoms with Crippen LogP contribution in [-0.2, 0) is 14.3 Å². The summed E-state index contributed by atoms with van der Waals surface area (Å²) >= 11 is 0. The van der Waals surface area contributed by atoms with E-state index < -0.39 is 0 Å². The van der Waals surface area contributed by atoms with Crippen LogP contribution in [0.2, 0.25) is 0 Å². The largest absolute Gasteiger partial charge is 0.368 e. The van der Waals surface area contributed by atoms with Gasteiger partial charge in [0.05, 0.1) is 5.41 Å². The summed E-state index contributed by atoms with van der Waals surface area (Å²) in [5.41, 5.74) is 0.878. The third-order valence-electron chi connectivity index (χ3n) is 6.27. The number of carbonyl (C=O) groups is 2. The van der Waals surface area contributed by atoms with Crippen molar-refractivity contribution in [2.45, 2.75) is 37.7 Å². The number of nitrogens with zero attached hydrogens (tertiary/aromatic N) is 2. The van der Waals surface area contributed by atoms with E-state index in [0.717, 1.165) is 32.2 Å². The van der Waals surface area contributed by atoms with Gasteiger partial charge in [0.25, 0.3) is 5.91 Å². The van der Waals surface area contributed by atoms with Crippen LogP contribution in [0.4, 0.5) is 0 Å². The molecule has 3 fully saturated rings. The molecule has 3 aliphatic heterocycles. The first-order valence-corrected chi connectivity index (χ1v) is 9.33. The summed E-state index contributed by atoms with van der Waals surface area (Å²) in [6.45, 7) is 2.76. The van der Waals surface area contributed by atoms with Crippen molar-refractivity contribution in [1.82, 2.24) is 9.80 Å². The first-order chi connectivity index (χ1) is 12.1. The zero-order chi connectivity index (χ0) is 17.4. The molecule has 25 heavy (non-hydrogen) atoms. The third kappa shape index (κ3) is 2.74. The number of piperidine rings is 1. The fraction of sp³-hybridized carbons (Fsp3) is 0.600. The SMILES string of the molecule is CN1C[C@@H](c2ccccc2)C2(CCN(C(=O)[C@H]3CCCO3)CC2)C1=O. The van der Waals surface area contributed by atoms with Crippen LogP contribution in [0.3, 0.4) is 0 Å². The lowest BCUT2D eigenvalue weighted by Crippen LogP contribution is -2.50. The second-order valence-electron chi connectivity index (χ2n) is 7.63. The zero-order valence-electron chi connectivity index (χ0n) is 14.8. The summed E-state index contributed by atoms with van der Waals surface area (Å²) in [5.74, 6) is 0.569. The lowest BCUT2D eigenvalue weighted by atomic mass is 9.68. The van der Waals surface area contributed by atoms with Crippen LogP contribution in [0.15, 0.2) is 30.3 Å². The van der Waals surface area contributed by atoms with Gasteiger partial charge in [-0.3, -0.25) is 9.59 Å². The monoisotopic (exact) mass is 342 g/mol. The van der Waals surface area contributed by atoms with Crippen molar-refractivity contribution < 1.29 is 14.3 Å². The lowest BCUT2D eigenvalue weighted by molar-refractivity contribution is -0.147. The normalized spacial score (nSPS) is 28.8. The van der Waals surface area contributed by atoms with Crippen molar-refractivity contribution in [2.24, 2.45) is 5.41 Å². The molecule has 3 aliphatic rings. The molecule has 0 N–H and O–H groups in total. The van der Waals surface area contributed by atoms with Crippen LogP contribution >= 0.6 is 0 Å². The van der Waals surface area contributed by atoms with Gasteiger partial charge in [-0.25, -0.2) is 0 Å². The molecule has 3 saturated heterocycles. The van der Waals surface area contributed by atoms with E-state index in [4.69, 9.17) is 4.74 Å². The molecule has 1 aromatic rings. The standard InChI is InChI=1S/C20H26N2O3/c1-21-14-16(15-6-3-2-4-7-15)20(19(21)24)9-11-22(12-10-20)18(23)17-8-5-13-25-17/h2-4,6-7,16-17H,5,8-14H2,1H3/t16-,17+/m0/s1. The lowest BCUT2D eigenvalue weighted by Gasteiger charge is -2.41. The first kappa shape index (κ1) is 16.6. The average Bonchev–Trinajstić information content (AvgIpc) is 3.27. The van der Waals surface area contributed by atoms with Crippen LogP contribution in [0.1, 0.15) is 37.2 Å². The molecule has 1 spiro atoms. The predicted octanol–water partition coefficient (Wildman–Crippen LogP) is 2.03. The molecule has 5 nitrogen and oxygen atoms in total. The van der Waals surface area contributed by atoms with E-state index in [9.17, 15) is 9.59 Å². The Bertz CT molecular complexity index is 646. The molecule has 2 amide bonds. The molecular formula is C20H26N2O3. The molecule has 5 heteroatoms. The van der Waals surface area contributed by atoms with Crippen molar-refractivity contribution in [3.05, 3.63) is 35.9 Å².